The number of nitrogens with one attached hydrogen (secondary N) is 1. The van der Waals surface area contributed by atoms with Crippen molar-refractivity contribution in [3.63, 3.8) is 0 Å². The Labute approximate surface area is 82.3 Å². The summed E-state index contributed by atoms with van der Waals surface area (Å²) in [5.41, 5.74) is 3.70. The van der Waals surface area contributed by atoms with Crippen LogP contribution in [-0.4, -0.2) is 4.98 Å². The highest BCUT2D eigenvalue weighted by Gasteiger charge is 2.11. The molecule has 1 rings (SSSR count). The second kappa shape index (κ2) is 4.97. The number of hydrazine groups is 1. The Morgan fingerprint density at radius 3 is 3.08 bits per heavy atom. The van der Waals surface area contributed by atoms with E-state index in [4.69, 9.17) is 12.3 Å². The molecule has 0 amide bonds. The minimum absolute atomic E-state index is 0.0843. The van der Waals surface area contributed by atoms with Crippen LogP contribution in [0, 0.1) is 19.3 Å². The van der Waals surface area contributed by atoms with Crippen LogP contribution in [0.2, 0.25) is 0 Å². The van der Waals surface area contributed by atoms with Crippen LogP contribution in [0.25, 0.3) is 0 Å². The highest BCUT2D eigenvalue weighted by atomic mass is 32.1. The molecule has 4 heteroatoms. The highest BCUT2D eigenvalue weighted by Crippen LogP contribution is 2.19. The fraction of sp³-hybridized carbons (Fsp3) is 0.444. The molecule has 3 nitrogen and oxygen atoms in total. The lowest BCUT2D eigenvalue weighted by Crippen LogP contribution is -2.28. The Hall–Kier alpha value is -0.890. The van der Waals surface area contributed by atoms with Gasteiger partial charge in [0.1, 0.15) is 0 Å². The van der Waals surface area contributed by atoms with Crippen molar-refractivity contribution >= 4 is 11.3 Å². The molecule has 70 valence electrons. The normalized spacial score (nSPS) is 12.4. The lowest BCUT2D eigenvalue weighted by molar-refractivity contribution is 0.513. The third kappa shape index (κ3) is 2.81. The Bertz CT molecular complexity index is 300. The molecule has 3 N–H and O–H groups in total. The van der Waals surface area contributed by atoms with Crippen molar-refractivity contribution < 1.29 is 0 Å². The van der Waals surface area contributed by atoms with Gasteiger partial charge in [-0.25, -0.2) is 4.98 Å². The van der Waals surface area contributed by atoms with Gasteiger partial charge in [0.2, 0.25) is 0 Å². The molecular formula is C9H13N3S. The minimum Gasteiger partial charge on any atom is -0.271 e. The van der Waals surface area contributed by atoms with E-state index >= 15 is 0 Å². The van der Waals surface area contributed by atoms with Crippen molar-refractivity contribution in [1.82, 2.24) is 10.4 Å². The fourth-order valence-corrected chi connectivity index (χ4v) is 1.75. The Kier molecular flexibility index (Phi) is 3.90. The largest absolute Gasteiger partial charge is 0.271 e. The van der Waals surface area contributed by atoms with Gasteiger partial charge in [-0.1, -0.05) is 0 Å². The predicted molar refractivity (Wildman–Crippen MR) is 55.0 cm³/mol. The zero-order chi connectivity index (χ0) is 9.68. The first kappa shape index (κ1) is 10.2. The lowest BCUT2D eigenvalue weighted by Gasteiger charge is -2.10. The summed E-state index contributed by atoms with van der Waals surface area (Å²) in [6.07, 6.45) is 6.72. The first-order valence-corrected chi connectivity index (χ1v) is 4.97. The molecule has 0 saturated heterocycles. The van der Waals surface area contributed by atoms with E-state index in [-0.39, 0.29) is 6.04 Å². The number of hydrogen-bond acceptors (Lipinski definition) is 4. The third-order valence-electron chi connectivity index (χ3n) is 1.77. The summed E-state index contributed by atoms with van der Waals surface area (Å²) in [7, 11) is 0. The van der Waals surface area contributed by atoms with Crippen LogP contribution >= 0.6 is 11.3 Å². The topological polar surface area (TPSA) is 50.9 Å². The quantitative estimate of drug-likeness (QED) is 0.433. The summed E-state index contributed by atoms with van der Waals surface area (Å²) in [5.74, 6) is 7.99. The number of thiazole rings is 1. The molecule has 13 heavy (non-hydrogen) atoms. The molecule has 0 fully saturated rings. The third-order valence-corrected chi connectivity index (χ3v) is 2.56. The van der Waals surface area contributed by atoms with E-state index in [0.29, 0.717) is 6.42 Å². The molecule has 0 bridgehead atoms. The number of hydrogen-bond donors (Lipinski definition) is 2. The molecular weight excluding hydrogens is 182 g/mol. The van der Waals surface area contributed by atoms with Crippen LogP contribution in [-0.2, 0) is 0 Å². The van der Waals surface area contributed by atoms with Crippen LogP contribution in [0.5, 0.6) is 0 Å². The fourth-order valence-electron chi connectivity index (χ4n) is 1.08. The average molecular weight is 195 g/mol. The smallest absolute Gasteiger partial charge is 0.0898 e. The van der Waals surface area contributed by atoms with E-state index in [1.54, 1.807) is 11.3 Å². The Morgan fingerprint density at radius 2 is 2.62 bits per heavy atom. The van der Waals surface area contributed by atoms with E-state index in [9.17, 15) is 0 Å². The van der Waals surface area contributed by atoms with E-state index in [1.165, 1.54) is 0 Å². The van der Waals surface area contributed by atoms with E-state index < -0.39 is 0 Å². The number of rotatable bonds is 4. The molecule has 1 atom stereocenters. The van der Waals surface area contributed by atoms with Crippen LogP contribution in [0.15, 0.2) is 5.38 Å². The maximum Gasteiger partial charge on any atom is 0.0898 e. The second-order valence-electron chi connectivity index (χ2n) is 2.75. The van der Waals surface area contributed by atoms with Crippen molar-refractivity contribution in [3.05, 3.63) is 16.1 Å². The van der Waals surface area contributed by atoms with Gasteiger partial charge in [-0.15, -0.1) is 23.7 Å². The summed E-state index contributed by atoms with van der Waals surface area (Å²) >= 11 is 1.62. The summed E-state index contributed by atoms with van der Waals surface area (Å²) in [6.45, 7) is 1.98. The van der Waals surface area contributed by atoms with Gasteiger partial charge < -0.3 is 0 Å². The molecule has 1 unspecified atom stereocenters. The molecule has 0 saturated carbocycles. The maximum atomic E-state index is 5.40. The highest BCUT2D eigenvalue weighted by molar-refractivity contribution is 7.09. The summed E-state index contributed by atoms with van der Waals surface area (Å²) in [5, 5.41) is 3.06. The summed E-state index contributed by atoms with van der Waals surface area (Å²) in [4.78, 5) is 4.34. The second-order valence-corrected chi connectivity index (χ2v) is 3.82. The molecule has 0 spiro atoms. The van der Waals surface area contributed by atoms with Crippen molar-refractivity contribution in [2.24, 2.45) is 5.84 Å². The van der Waals surface area contributed by atoms with Gasteiger partial charge >= 0.3 is 0 Å². The van der Waals surface area contributed by atoms with Gasteiger partial charge in [0, 0.05) is 11.8 Å². The van der Waals surface area contributed by atoms with E-state index in [1.807, 2.05) is 12.3 Å². The zero-order valence-electron chi connectivity index (χ0n) is 7.58. The monoisotopic (exact) mass is 195 g/mol. The van der Waals surface area contributed by atoms with Crippen LogP contribution in [0.3, 0.4) is 0 Å². The Balaban J connectivity index is 2.62. The standard InChI is InChI=1S/C9H13N3S/c1-3-4-5-8(12-10)9-6-13-7(2)11-9/h1,6,8,12H,4-5,10H2,2H3. The van der Waals surface area contributed by atoms with E-state index in [2.05, 4.69) is 16.3 Å². The molecule has 0 radical (unpaired) electrons. The Morgan fingerprint density at radius 1 is 1.85 bits per heavy atom. The minimum atomic E-state index is 0.0843. The number of aromatic nitrogens is 1. The first-order chi connectivity index (χ1) is 6.27. The van der Waals surface area contributed by atoms with Crippen molar-refractivity contribution in [2.75, 3.05) is 0 Å². The van der Waals surface area contributed by atoms with Crippen LogP contribution < -0.4 is 11.3 Å². The first-order valence-electron chi connectivity index (χ1n) is 4.09. The number of aryl methyl sites for hydroxylation is 1. The van der Waals surface area contributed by atoms with Crippen LogP contribution in [0.4, 0.5) is 0 Å². The van der Waals surface area contributed by atoms with Crippen molar-refractivity contribution in [3.8, 4) is 12.3 Å². The van der Waals surface area contributed by atoms with Crippen LogP contribution in [0.1, 0.15) is 29.6 Å². The molecule has 1 aromatic heterocycles. The molecule has 0 aromatic carbocycles. The molecule has 0 aliphatic carbocycles. The number of terminal acetylenes is 1. The predicted octanol–water partition coefficient (Wildman–Crippen LogP) is 1.37. The molecule has 1 heterocycles. The van der Waals surface area contributed by atoms with Crippen molar-refractivity contribution in [2.45, 2.75) is 25.8 Å². The van der Waals surface area contributed by atoms with Gasteiger partial charge in [-0.05, 0) is 13.3 Å². The van der Waals surface area contributed by atoms with Gasteiger partial charge in [0.25, 0.3) is 0 Å². The van der Waals surface area contributed by atoms with Crippen molar-refractivity contribution in [1.29, 1.82) is 0 Å². The average Bonchev–Trinajstić information content (AvgIpc) is 2.54. The molecule has 0 aliphatic heterocycles. The number of nitrogens with two attached hydrogens (primary N) is 1. The molecule has 0 aliphatic rings. The van der Waals surface area contributed by atoms with E-state index in [0.717, 1.165) is 17.1 Å². The van der Waals surface area contributed by atoms with Gasteiger partial charge in [-0.3, -0.25) is 11.3 Å². The molecule has 1 aromatic rings. The SMILES string of the molecule is C#CCCC(NN)c1csc(C)n1. The number of nitrogens with zero attached hydrogens (tertiary/aromatic N) is 1. The van der Waals surface area contributed by atoms with Gasteiger partial charge in [-0.2, -0.15) is 0 Å². The summed E-state index contributed by atoms with van der Waals surface area (Å²) < 4.78 is 0. The summed E-state index contributed by atoms with van der Waals surface area (Å²) in [6, 6.07) is 0.0843. The van der Waals surface area contributed by atoms with Gasteiger partial charge in [0.15, 0.2) is 0 Å². The maximum absolute atomic E-state index is 5.40. The van der Waals surface area contributed by atoms with Gasteiger partial charge in [0.05, 0.1) is 16.7 Å². The lowest BCUT2D eigenvalue weighted by atomic mass is 10.1. The zero-order valence-corrected chi connectivity index (χ0v) is 8.40.